The van der Waals surface area contributed by atoms with Crippen LogP contribution in [-0.2, 0) is 23.6 Å². The van der Waals surface area contributed by atoms with Crippen molar-refractivity contribution in [2.45, 2.75) is 12.3 Å². The molecular weight excluding hydrogens is 380 g/mol. The van der Waals surface area contributed by atoms with Gasteiger partial charge in [0.15, 0.2) is 0 Å². The number of carbonyl (C=O) groups is 1. The lowest BCUT2D eigenvalue weighted by atomic mass is 9.86. The summed E-state index contributed by atoms with van der Waals surface area (Å²) < 4.78 is 16.5. The van der Waals surface area contributed by atoms with Crippen LogP contribution in [0.25, 0.3) is 22.1 Å². The van der Waals surface area contributed by atoms with Gasteiger partial charge in [-0.2, -0.15) is 8.75 Å². The van der Waals surface area contributed by atoms with Gasteiger partial charge in [-0.3, -0.25) is 13.9 Å². The Balaban J connectivity index is 1.97. The van der Waals surface area contributed by atoms with Gasteiger partial charge in [0.1, 0.15) is 16.8 Å². The van der Waals surface area contributed by atoms with Crippen LogP contribution in [0.3, 0.4) is 0 Å². The maximum Gasteiger partial charge on any atom is 0.328 e. The Morgan fingerprint density at radius 1 is 1.18 bits per heavy atom. The van der Waals surface area contributed by atoms with Gasteiger partial charge in [-0.15, -0.1) is 0 Å². The van der Waals surface area contributed by atoms with Crippen molar-refractivity contribution >= 4 is 39.8 Å². The number of benzene rings is 2. The van der Waals surface area contributed by atoms with E-state index in [-0.39, 0.29) is 17.9 Å². The summed E-state index contributed by atoms with van der Waals surface area (Å²) in [6.07, 6.45) is 0.0208. The van der Waals surface area contributed by atoms with E-state index in [9.17, 15) is 14.7 Å². The molecule has 4 rings (SSSR count). The molecule has 0 radical (unpaired) electrons. The predicted octanol–water partition coefficient (Wildman–Crippen LogP) is 2.28. The number of hydrogen-bond acceptors (Lipinski definition) is 7. The number of aromatic hydroxyl groups is 1. The number of phenolic OH excluding ortho intramolecular Hbond substituents is 1. The Hall–Kier alpha value is -3.20. The van der Waals surface area contributed by atoms with E-state index in [1.807, 2.05) is 18.2 Å². The molecule has 0 aliphatic heterocycles. The van der Waals surface area contributed by atoms with Crippen LogP contribution < -0.4 is 5.69 Å². The summed E-state index contributed by atoms with van der Waals surface area (Å²) in [4.78, 5) is 24.4. The summed E-state index contributed by atoms with van der Waals surface area (Å²) in [6.45, 7) is 0. The fraction of sp³-hybridized carbons (Fsp3) is 0.263. The molecular formula is C19H18N4O4S. The van der Waals surface area contributed by atoms with Crippen molar-refractivity contribution in [2.75, 3.05) is 7.11 Å². The Morgan fingerprint density at radius 3 is 2.68 bits per heavy atom. The normalized spacial score (nSPS) is 12.5. The van der Waals surface area contributed by atoms with Crippen LogP contribution in [0.5, 0.6) is 5.75 Å². The number of aryl methyl sites for hydroxylation is 2. The highest BCUT2D eigenvalue weighted by molar-refractivity contribution is 7.00. The highest BCUT2D eigenvalue weighted by Crippen LogP contribution is 2.39. The molecule has 144 valence electrons. The third kappa shape index (κ3) is 2.75. The third-order valence-electron chi connectivity index (χ3n) is 5.09. The topological polar surface area (TPSA) is 99.2 Å². The maximum atomic E-state index is 12.3. The lowest BCUT2D eigenvalue weighted by Crippen LogP contribution is -2.19. The SMILES string of the molecule is COC(=O)C[C@H](c1ccc2c(c1)n(C)c(=O)n2C)c1c(O)ccc2nsnc12. The summed E-state index contributed by atoms with van der Waals surface area (Å²) in [6, 6.07) is 8.81. The van der Waals surface area contributed by atoms with Crippen molar-refractivity contribution in [1.29, 1.82) is 0 Å². The fourth-order valence-electron chi connectivity index (χ4n) is 3.58. The number of nitrogens with zero attached hydrogens (tertiary/aromatic N) is 4. The molecule has 0 fully saturated rings. The number of methoxy groups -OCH3 is 1. The number of aromatic nitrogens is 4. The molecule has 0 spiro atoms. The molecule has 1 N–H and O–H groups in total. The lowest BCUT2D eigenvalue weighted by Gasteiger charge is -2.19. The van der Waals surface area contributed by atoms with Crippen LogP contribution in [0.15, 0.2) is 35.1 Å². The number of carbonyl (C=O) groups excluding carboxylic acids is 1. The van der Waals surface area contributed by atoms with Gasteiger partial charge < -0.3 is 9.84 Å². The molecule has 0 saturated heterocycles. The van der Waals surface area contributed by atoms with Crippen molar-refractivity contribution in [3.63, 3.8) is 0 Å². The minimum absolute atomic E-state index is 0.0208. The molecule has 9 heteroatoms. The van der Waals surface area contributed by atoms with Crippen LogP contribution in [-0.4, -0.2) is 36.1 Å². The van der Waals surface area contributed by atoms with E-state index in [0.29, 0.717) is 16.6 Å². The van der Waals surface area contributed by atoms with Crippen molar-refractivity contribution < 1.29 is 14.6 Å². The van der Waals surface area contributed by atoms with E-state index in [0.717, 1.165) is 28.3 Å². The average molecular weight is 398 g/mol. The second kappa shape index (κ2) is 6.75. The minimum Gasteiger partial charge on any atom is -0.508 e. The second-order valence-electron chi connectivity index (χ2n) is 6.61. The molecule has 0 aliphatic rings. The standard InChI is InChI=1S/C19H18N4O4S/c1-22-13-6-4-10(8-14(13)23(2)19(22)26)11(9-16(25)27-3)17-15(24)7-5-12-18(17)21-28-20-12/h4-8,11,24H,9H2,1-3H3/t11-/m1/s1. The highest BCUT2D eigenvalue weighted by atomic mass is 32.1. The number of fused-ring (bicyclic) bond motifs is 2. The van der Waals surface area contributed by atoms with Crippen LogP contribution in [0.4, 0.5) is 0 Å². The smallest absolute Gasteiger partial charge is 0.328 e. The van der Waals surface area contributed by atoms with Gasteiger partial charge in [-0.05, 0) is 29.8 Å². The number of rotatable bonds is 4. The first-order chi connectivity index (χ1) is 13.4. The largest absolute Gasteiger partial charge is 0.508 e. The van der Waals surface area contributed by atoms with Crippen molar-refractivity contribution in [3.05, 3.63) is 51.9 Å². The molecule has 8 nitrogen and oxygen atoms in total. The molecule has 4 aromatic rings. The number of esters is 1. The first kappa shape index (κ1) is 18.2. The van der Waals surface area contributed by atoms with E-state index in [1.165, 1.54) is 7.11 Å². The van der Waals surface area contributed by atoms with Gasteiger partial charge in [-0.1, -0.05) is 6.07 Å². The predicted molar refractivity (Wildman–Crippen MR) is 106 cm³/mol. The van der Waals surface area contributed by atoms with E-state index in [2.05, 4.69) is 8.75 Å². The molecule has 0 bridgehead atoms. The van der Waals surface area contributed by atoms with Crippen molar-refractivity contribution in [1.82, 2.24) is 17.9 Å². The molecule has 0 saturated carbocycles. The Kier molecular flexibility index (Phi) is 4.38. The molecule has 2 heterocycles. The summed E-state index contributed by atoms with van der Waals surface area (Å²) in [5, 5.41) is 10.6. The summed E-state index contributed by atoms with van der Waals surface area (Å²) in [5.74, 6) is -0.873. The first-order valence-corrected chi connectivity index (χ1v) is 9.31. The average Bonchev–Trinajstić information content (AvgIpc) is 3.26. The number of phenols is 1. The molecule has 1 atom stereocenters. The van der Waals surface area contributed by atoms with Crippen molar-refractivity contribution in [3.8, 4) is 5.75 Å². The quantitative estimate of drug-likeness (QED) is 0.530. The van der Waals surface area contributed by atoms with Crippen LogP contribution in [0.2, 0.25) is 0 Å². The zero-order valence-electron chi connectivity index (χ0n) is 15.5. The van der Waals surface area contributed by atoms with Crippen LogP contribution in [0.1, 0.15) is 23.5 Å². The Labute approximate surface area is 163 Å². The van der Waals surface area contributed by atoms with E-state index in [4.69, 9.17) is 4.74 Å². The monoisotopic (exact) mass is 398 g/mol. The van der Waals surface area contributed by atoms with Gasteiger partial charge in [-0.25, -0.2) is 4.79 Å². The minimum atomic E-state index is -0.500. The van der Waals surface area contributed by atoms with Crippen LogP contribution >= 0.6 is 11.7 Å². The fourth-order valence-corrected chi connectivity index (χ4v) is 4.13. The molecule has 2 aromatic heterocycles. The van der Waals surface area contributed by atoms with Crippen molar-refractivity contribution in [2.24, 2.45) is 14.1 Å². The van der Waals surface area contributed by atoms with Gasteiger partial charge in [0.2, 0.25) is 0 Å². The van der Waals surface area contributed by atoms with E-state index < -0.39 is 11.9 Å². The maximum absolute atomic E-state index is 12.3. The highest BCUT2D eigenvalue weighted by Gasteiger charge is 2.26. The van der Waals surface area contributed by atoms with E-state index in [1.54, 1.807) is 35.4 Å². The molecule has 0 aliphatic carbocycles. The zero-order chi connectivity index (χ0) is 20.0. The number of ether oxygens (including phenoxy) is 1. The zero-order valence-corrected chi connectivity index (χ0v) is 16.4. The van der Waals surface area contributed by atoms with Gasteiger partial charge in [0.25, 0.3) is 0 Å². The van der Waals surface area contributed by atoms with Gasteiger partial charge in [0, 0.05) is 25.6 Å². The Bertz CT molecular complexity index is 1270. The van der Waals surface area contributed by atoms with Gasteiger partial charge >= 0.3 is 11.7 Å². The molecule has 0 amide bonds. The lowest BCUT2D eigenvalue weighted by molar-refractivity contribution is -0.140. The van der Waals surface area contributed by atoms with Crippen LogP contribution in [0, 0.1) is 0 Å². The molecule has 2 aromatic carbocycles. The first-order valence-electron chi connectivity index (χ1n) is 8.58. The van der Waals surface area contributed by atoms with E-state index >= 15 is 0 Å². The summed E-state index contributed by atoms with van der Waals surface area (Å²) in [5.41, 5.74) is 3.90. The Morgan fingerprint density at radius 2 is 1.93 bits per heavy atom. The molecule has 0 unspecified atom stereocenters. The third-order valence-corrected chi connectivity index (χ3v) is 5.63. The number of hydrogen-bond donors (Lipinski definition) is 1. The molecule has 28 heavy (non-hydrogen) atoms. The summed E-state index contributed by atoms with van der Waals surface area (Å²) in [7, 11) is 4.74. The van der Waals surface area contributed by atoms with Gasteiger partial charge in [0.05, 0.1) is 36.3 Å². The number of imidazole rings is 1. The second-order valence-corrected chi connectivity index (χ2v) is 7.14. The summed E-state index contributed by atoms with van der Waals surface area (Å²) >= 11 is 1.05.